The summed E-state index contributed by atoms with van der Waals surface area (Å²) in [5.41, 5.74) is 1.71. The Kier molecular flexibility index (Phi) is 8.32. The van der Waals surface area contributed by atoms with Gasteiger partial charge in [-0.15, -0.1) is 0 Å². The normalized spacial score (nSPS) is 11.2. The summed E-state index contributed by atoms with van der Waals surface area (Å²) < 4.78 is 20.9. The first kappa shape index (κ1) is 26.1. The van der Waals surface area contributed by atoms with Crippen LogP contribution in [0.5, 0.6) is 17.2 Å². The number of carbonyl (C=O) groups is 2. The van der Waals surface area contributed by atoms with Crippen LogP contribution in [0.15, 0.2) is 82.7 Å². The maximum Gasteiger partial charge on any atom is 0.347 e. The van der Waals surface area contributed by atoms with E-state index in [-0.39, 0.29) is 5.56 Å². The van der Waals surface area contributed by atoms with Gasteiger partial charge in [-0.05, 0) is 54.1 Å². The minimum atomic E-state index is -0.571. The van der Waals surface area contributed by atoms with Crippen molar-refractivity contribution in [2.45, 2.75) is 4.90 Å². The van der Waals surface area contributed by atoms with E-state index in [4.69, 9.17) is 30.5 Å². The molecular weight excluding hydrogens is 514 g/mol. The Morgan fingerprint density at radius 1 is 0.892 bits per heavy atom. The molecule has 37 heavy (non-hydrogen) atoms. The van der Waals surface area contributed by atoms with Crippen LogP contribution in [0.25, 0.3) is 17.0 Å². The van der Waals surface area contributed by atoms with E-state index in [0.29, 0.717) is 27.2 Å². The molecule has 0 aliphatic rings. The van der Waals surface area contributed by atoms with Crippen molar-refractivity contribution in [2.75, 3.05) is 21.3 Å². The van der Waals surface area contributed by atoms with E-state index in [1.807, 2.05) is 12.1 Å². The van der Waals surface area contributed by atoms with Crippen molar-refractivity contribution in [3.05, 3.63) is 94.0 Å². The quantitative estimate of drug-likeness (QED) is 0.110. The number of methoxy groups -OCH3 is 3. The van der Waals surface area contributed by atoms with Gasteiger partial charge in [0.2, 0.25) is 0 Å². The number of hydrogen-bond donors (Lipinski definition) is 0. The summed E-state index contributed by atoms with van der Waals surface area (Å²) in [6, 6.07) is 18.8. The molecule has 0 spiro atoms. The summed E-state index contributed by atoms with van der Waals surface area (Å²) in [7, 11) is 4.33. The maximum absolute atomic E-state index is 12.7. The third kappa shape index (κ3) is 6.22. The maximum atomic E-state index is 12.7. The Bertz CT molecular complexity index is 1490. The summed E-state index contributed by atoms with van der Waals surface area (Å²) in [5.74, 6) is 0.190. The highest BCUT2D eigenvalue weighted by atomic mass is 35.5. The lowest BCUT2D eigenvalue weighted by Gasteiger charge is -2.10. The second-order valence-corrected chi connectivity index (χ2v) is 9.12. The predicted molar refractivity (Wildman–Crippen MR) is 144 cm³/mol. The fourth-order valence-electron chi connectivity index (χ4n) is 3.45. The highest BCUT2D eigenvalue weighted by molar-refractivity contribution is 8.04. The number of hydrogen-bond acceptors (Lipinski definition) is 8. The molecule has 0 N–H and O–H groups in total. The molecule has 4 aromatic rings. The smallest absolute Gasteiger partial charge is 0.347 e. The molecule has 0 fully saturated rings. The summed E-state index contributed by atoms with van der Waals surface area (Å²) in [5, 5.41) is 1.44. The third-order valence-corrected chi connectivity index (χ3v) is 6.60. The molecule has 188 valence electrons. The van der Waals surface area contributed by atoms with Gasteiger partial charge in [-0.3, -0.25) is 4.98 Å². The van der Waals surface area contributed by atoms with Crippen LogP contribution in [0, 0.1) is 0 Å². The van der Waals surface area contributed by atoms with Gasteiger partial charge in [-0.25, -0.2) is 9.59 Å². The van der Waals surface area contributed by atoms with E-state index in [1.165, 1.54) is 33.1 Å². The molecule has 0 radical (unpaired) electrons. The minimum absolute atomic E-state index is 0.266. The monoisotopic (exact) mass is 535 g/mol. The SMILES string of the molecule is COC(=O)/C(=C\c1ccc(OC(=O)c2ccc(OC)cc2OC)cc1)Sc1ccnc2cc(Cl)ccc12. The Labute approximate surface area is 223 Å². The van der Waals surface area contributed by atoms with Crippen LogP contribution in [-0.2, 0) is 9.53 Å². The summed E-state index contributed by atoms with van der Waals surface area (Å²) >= 11 is 7.35. The lowest BCUT2D eigenvalue weighted by atomic mass is 10.2. The predicted octanol–water partition coefficient (Wildman–Crippen LogP) is 6.43. The van der Waals surface area contributed by atoms with Crippen molar-refractivity contribution in [1.82, 2.24) is 4.98 Å². The molecular formula is C28H22ClNO6S. The van der Waals surface area contributed by atoms with Gasteiger partial charge >= 0.3 is 11.9 Å². The number of nitrogens with zero attached hydrogens (tertiary/aromatic N) is 1. The second kappa shape index (κ2) is 11.8. The lowest BCUT2D eigenvalue weighted by Crippen LogP contribution is -2.10. The molecule has 0 amide bonds. The molecule has 9 heteroatoms. The molecule has 0 saturated heterocycles. The zero-order valence-electron chi connectivity index (χ0n) is 20.2. The summed E-state index contributed by atoms with van der Waals surface area (Å²) in [4.78, 5) is 30.8. The number of rotatable bonds is 8. The van der Waals surface area contributed by atoms with Crippen LogP contribution in [0.4, 0.5) is 0 Å². The van der Waals surface area contributed by atoms with E-state index in [2.05, 4.69) is 4.98 Å². The number of ether oxygens (including phenoxy) is 4. The van der Waals surface area contributed by atoms with Gasteiger partial charge in [0.05, 0.1) is 31.8 Å². The average Bonchev–Trinajstić information content (AvgIpc) is 2.92. The topological polar surface area (TPSA) is 84.0 Å². The molecule has 0 aliphatic carbocycles. The second-order valence-electron chi connectivity index (χ2n) is 7.60. The summed E-state index contributed by atoms with van der Waals surface area (Å²) in [6.45, 7) is 0. The van der Waals surface area contributed by atoms with Crippen molar-refractivity contribution < 1.29 is 28.5 Å². The average molecular weight is 536 g/mol. The van der Waals surface area contributed by atoms with E-state index in [9.17, 15) is 9.59 Å². The number of aromatic nitrogens is 1. The van der Waals surface area contributed by atoms with Gasteiger partial charge in [0.1, 0.15) is 22.8 Å². The van der Waals surface area contributed by atoms with Crippen molar-refractivity contribution in [1.29, 1.82) is 0 Å². The first-order valence-electron chi connectivity index (χ1n) is 11.0. The molecule has 0 aliphatic heterocycles. The van der Waals surface area contributed by atoms with Crippen LogP contribution in [0.1, 0.15) is 15.9 Å². The van der Waals surface area contributed by atoms with Gasteiger partial charge in [-0.1, -0.05) is 41.6 Å². The first-order valence-corrected chi connectivity index (χ1v) is 12.2. The number of halogens is 1. The number of pyridine rings is 1. The van der Waals surface area contributed by atoms with Crippen LogP contribution >= 0.6 is 23.4 Å². The largest absolute Gasteiger partial charge is 0.497 e. The molecule has 3 aromatic carbocycles. The van der Waals surface area contributed by atoms with Gasteiger partial charge in [0.15, 0.2) is 0 Å². The standard InChI is InChI=1S/C28H22ClNO6S/c1-33-20-9-11-22(24(16-20)34-2)27(31)36-19-7-4-17(5-8-19)14-26(28(32)35-3)37-25-12-13-30-23-15-18(29)6-10-21(23)25/h4-16H,1-3H3/b26-14+. The van der Waals surface area contributed by atoms with Crippen molar-refractivity contribution in [3.63, 3.8) is 0 Å². The molecule has 1 aromatic heterocycles. The Morgan fingerprint density at radius 3 is 2.35 bits per heavy atom. The molecule has 0 atom stereocenters. The number of esters is 2. The molecule has 4 rings (SSSR count). The van der Waals surface area contributed by atoms with E-state index in [1.54, 1.807) is 66.9 Å². The highest BCUT2D eigenvalue weighted by Crippen LogP contribution is 2.35. The Morgan fingerprint density at radius 2 is 1.65 bits per heavy atom. The lowest BCUT2D eigenvalue weighted by molar-refractivity contribution is -0.135. The zero-order chi connectivity index (χ0) is 26.4. The Balaban J connectivity index is 1.55. The molecule has 1 heterocycles. The fourth-order valence-corrected chi connectivity index (χ4v) is 4.62. The van der Waals surface area contributed by atoms with E-state index in [0.717, 1.165) is 21.4 Å². The minimum Gasteiger partial charge on any atom is -0.497 e. The number of fused-ring (bicyclic) bond motifs is 1. The number of carbonyl (C=O) groups excluding carboxylic acids is 2. The molecule has 7 nitrogen and oxygen atoms in total. The van der Waals surface area contributed by atoms with Crippen LogP contribution in [-0.4, -0.2) is 38.3 Å². The molecule has 0 bridgehead atoms. The van der Waals surface area contributed by atoms with Gasteiger partial charge in [-0.2, -0.15) is 0 Å². The fraction of sp³-hybridized carbons (Fsp3) is 0.107. The first-order chi connectivity index (χ1) is 17.9. The van der Waals surface area contributed by atoms with Crippen molar-refractivity contribution >= 4 is 52.3 Å². The number of thioether (sulfide) groups is 1. The highest BCUT2D eigenvalue weighted by Gasteiger charge is 2.17. The third-order valence-electron chi connectivity index (χ3n) is 5.29. The van der Waals surface area contributed by atoms with E-state index >= 15 is 0 Å². The van der Waals surface area contributed by atoms with Gasteiger partial charge in [0, 0.05) is 27.6 Å². The van der Waals surface area contributed by atoms with E-state index < -0.39 is 11.9 Å². The van der Waals surface area contributed by atoms with Crippen molar-refractivity contribution in [3.8, 4) is 17.2 Å². The van der Waals surface area contributed by atoms with Crippen molar-refractivity contribution in [2.24, 2.45) is 0 Å². The number of benzene rings is 3. The van der Waals surface area contributed by atoms with Gasteiger partial charge in [0.25, 0.3) is 0 Å². The molecule has 0 saturated carbocycles. The molecule has 0 unspecified atom stereocenters. The van der Waals surface area contributed by atoms with Crippen LogP contribution in [0.2, 0.25) is 5.02 Å². The van der Waals surface area contributed by atoms with Crippen LogP contribution < -0.4 is 14.2 Å². The zero-order valence-corrected chi connectivity index (χ0v) is 21.8. The van der Waals surface area contributed by atoms with Gasteiger partial charge < -0.3 is 18.9 Å². The summed E-state index contributed by atoms with van der Waals surface area (Å²) in [6.07, 6.45) is 3.37. The Hall–Kier alpha value is -4.01. The van der Waals surface area contributed by atoms with Crippen LogP contribution in [0.3, 0.4) is 0 Å².